The first-order valence-electron chi connectivity index (χ1n) is 8.21. The molecule has 4 nitrogen and oxygen atoms in total. The summed E-state index contributed by atoms with van der Waals surface area (Å²) in [4.78, 5) is 0. The van der Waals surface area contributed by atoms with Crippen LogP contribution in [0.15, 0.2) is 18.2 Å². The van der Waals surface area contributed by atoms with E-state index in [2.05, 4.69) is 18.9 Å². The fourth-order valence-corrected chi connectivity index (χ4v) is 2.63. The van der Waals surface area contributed by atoms with Crippen molar-refractivity contribution in [3.63, 3.8) is 0 Å². The van der Waals surface area contributed by atoms with Crippen molar-refractivity contribution >= 4 is 0 Å². The highest BCUT2D eigenvalue weighted by molar-refractivity contribution is 5.39. The number of benzene rings is 1. The summed E-state index contributed by atoms with van der Waals surface area (Å²) in [6.45, 7) is 12.2. The second-order valence-corrected chi connectivity index (χ2v) is 7.27. The lowest BCUT2D eigenvalue weighted by atomic mass is 10.0. The average Bonchev–Trinajstić information content (AvgIpc) is 2.75. The zero-order valence-corrected chi connectivity index (χ0v) is 15.6. The molecule has 1 aromatic carbocycles. The monoisotopic (exact) mass is 334 g/mol. The fraction of sp³-hybridized carbons (Fsp3) is 0.526. The number of halogens is 1. The molecule has 2 aromatic rings. The number of rotatable bonds is 5. The molecule has 0 unspecified atom stereocenters. The van der Waals surface area contributed by atoms with E-state index in [9.17, 15) is 4.39 Å². The Morgan fingerprint density at radius 2 is 1.92 bits per heavy atom. The first kappa shape index (κ1) is 18.3. The molecule has 0 fully saturated rings. The summed E-state index contributed by atoms with van der Waals surface area (Å²) in [6, 6.07) is 5.26. The SMILES string of the molecule is COc1ccc(Cc2c(OC(C)(C)C)nn(C(C)C)c2C)cc1F. The van der Waals surface area contributed by atoms with Gasteiger partial charge in [0.2, 0.25) is 5.88 Å². The maximum Gasteiger partial charge on any atom is 0.237 e. The molecular weight excluding hydrogens is 307 g/mol. The maximum atomic E-state index is 14.0. The van der Waals surface area contributed by atoms with Gasteiger partial charge in [-0.3, -0.25) is 4.68 Å². The molecule has 0 radical (unpaired) electrons. The highest BCUT2D eigenvalue weighted by Gasteiger charge is 2.22. The Morgan fingerprint density at radius 1 is 1.25 bits per heavy atom. The highest BCUT2D eigenvalue weighted by atomic mass is 19.1. The molecule has 0 amide bonds. The maximum absolute atomic E-state index is 14.0. The molecule has 2 rings (SSSR count). The summed E-state index contributed by atoms with van der Waals surface area (Å²) in [7, 11) is 1.46. The second kappa shape index (κ2) is 6.83. The number of hydrogen-bond donors (Lipinski definition) is 0. The van der Waals surface area contributed by atoms with Gasteiger partial charge in [-0.15, -0.1) is 5.10 Å². The van der Waals surface area contributed by atoms with Crippen molar-refractivity contribution < 1.29 is 13.9 Å². The van der Waals surface area contributed by atoms with Gasteiger partial charge in [0.15, 0.2) is 11.6 Å². The molecule has 0 aliphatic carbocycles. The van der Waals surface area contributed by atoms with Gasteiger partial charge in [0.25, 0.3) is 0 Å². The molecule has 5 heteroatoms. The van der Waals surface area contributed by atoms with E-state index in [-0.39, 0.29) is 23.2 Å². The number of hydrogen-bond acceptors (Lipinski definition) is 3. The lowest BCUT2D eigenvalue weighted by molar-refractivity contribution is 0.121. The van der Waals surface area contributed by atoms with Gasteiger partial charge < -0.3 is 9.47 Å². The van der Waals surface area contributed by atoms with Crippen LogP contribution in [0.4, 0.5) is 4.39 Å². The molecule has 0 atom stereocenters. The Bertz CT molecular complexity index is 715. The molecule has 0 aliphatic rings. The second-order valence-electron chi connectivity index (χ2n) is 7.27. The van der Waals surface area contributed by atoms with Gasteiger partial charge in [0.1, 0.15) is 5.60 Å². The minimum Gasteiger partial charge on any atom is -0.494 e. The molecule has 0 spiro atoms. The van der Waals surface area contributed by atoms with Gasteiger partial charge in [-0.2, -0.15) is 0 Å². The Balaban J connectivity index is 2.42. The molecule has 132 valence electrons. The Labute approximate surface area is 143 Å². The largest absolute Gasteiger partial charge is 0.494 e. The van der Waals surface area contributed by atoms with Crippen molar-refractivity contribution in [2.24, 2.45) is 0 Å². The molecular formula is C19H27FN2O2. The zero-order chi connectivity index (χ0) is 18.1. The predicted octanol–water partition coefficient (Wildman–Crippen LogP) is 4.69. The van der Waals surface area contributed by atoms with Gasteiger partial charge >= 0.3 is 0 Å². The molecule has 0 aliphatic heterocycles. The van der Waals surface area contributed by atoms with Gasteiger partial charge in [-0.05, 0) is 59.2 Å². The average molecular weight is 334 g/mol. The van der Waals surface area contributed by atoms with Crippen LogP contribution in [0.25, 0.3) is 0 Å². The quantitative estimate of drug-likeness (QED) is 0.796. The van der Waals surface area contributed by atoms with E-state index in [1.165, 1.54) is 13.2 Å². The summed E-state index contributed by atoms with van der Waals surface area (Å²) in [5.41, 5.74) is 2.55. The highest BCUT2D eigenvalue weighted by Crippen LogP contribution is 2.30. The van der Waals surface area contributed by atoms with E-state index >= 15 is 0 Å². The van der Waals surface area contributed by atoms with Crippen LogP contribution in [0.3, 0.4) is 0 Å². The normalized spacial score (nSPS) is 11.9. The number of methoxy groups -OCH3 is 1. The number of ether oxygens (including phenoxy) is 2. The van der Waals surface area contributed by atoms with Crippen LogP contribution < -0.4 is 9.47 Å². The van der Waals surface area contributed by atoms with Crippen molar-refractivity contribution in [3.8, 4) is 11.6 Å². The summed E-state index contributed by atoms with van der Waals surface area (Å²) in [6.07, 6.45) is 0.560. The molecule has 1 heterocycles. The van der Waals surface area contributed by atoms with Crippen LogP contribution in [0.1, 0.15) is 57.5 Å². The smallest absolute Gasteiger partial charge is 0.237 e. The van der Waals surface area contributed by atoms with E-state index in [0.29, 0.717) is 12.3 Å². The van der Waals surface area contributed by atoms with E-state index in [0.717, 1.165) is 16.8 Å². The first-order valence-corrected chi connectivity index (χ1v) is 8.21. The Morgan fingerprint density at radius 3 is 2.42 bits per heavy atom. The van der Waals surface area contributed by atoms with Crippen LogP contribution in [-0.4, -0.2) is 22.5 Å². The lowest BCUT2D eigenvalue weighted by Gasteiger charge is -2.20. The summed E-state index contributed by atoms with van der Waals surface area (Å²) in [5.74, 6) is 0.506. The third kappa shape index (κ3) is 4.08. The predicted molar refractivity (Wildman–Crippen MR) is 93.5 cm³/mol. The lowest BCUT2D eigenvalue weighted by Crippen LogP contribution is -2.24. The zero-order valence-electron chi connectivity index (χ0n) is 15.6. The third-order valence-corrected chi connectivity index (χ3v) is 3.73. The topological polar surface area (TPSA) is 36.3 Å². The summed E-state index contributed by atoms with van der Waals surface area (Å²) in [5, 5.41) is 4.62. The molecule has 0 bridgehead atoms. The Kier molecular flexibility index (Phi) is 5.21. The van der Waals surface area contributed by atoms with E-state index in [4.69, 9.17) is 9.47 Å². The van der Waals surface area contributed by atoms with Crippen LogP contribution >= 0.6 is 0 Å². The summed E-state index contributed by atoms with van der Waals surface area (Å²) < 4.78 is 27.0. The van der Waals surface area contributed by atoms with Gasteiger partial charge in [0, 0.05) is 23.7 Å². The van der Waals surface area contributed by atoms with Crippen molar-refractivity contribution in [2.45, 2.75) is 59.6 Å². The number of aromatic nitrogens is 2. The van der Waals surface area contributed by atoms with Gasteiger partial charge in [0.05, 0.1) is 7.11 Å². The van der Waals surface area contributed by atoms with Crippen molar-refractivity contribution in [3.05, 3.63) is 40.8 Å². The number of nitrogens with zero attached hydrogens (tertiary/aromatic N) is 2. The molecule has 24 heavy (non-hydrogen) atoms. The van der Waals surface area contributed by atoms with Crippen LogP contribution in [-0.2, 0) is 6.42 Å². The van der Waals surface area contributed by atoms with Crippen LogP contribution in [0.5, 0.6) is 11.6 Å². The standard InChI is InChI=1S/C19H27FN2O2/c1-12(2)22-13(3)15(18(21-22)24-19(4,5)6)10-14-8-9-17(23-7)16(20)11-14/h8-9,11-12H,10H2,1-7H3. The summed E-state index contributed by atoms with van der Waals surface area (Å²) >= 11 is 0. The molecule has 0 N–H and O–H groups in total. The minimum atomic E-state index is -0.359. The van der Waals surface area contributed by atoms with Crippen molar-refractivity contribution in [1.82, 2.24) is 9.78 Å². The van der Waals surface area contributed by atoms with E-state index in [1.54, 1.807) is 6.07 Å². The van der Waals surface area contributed by atoms with Crippen LogP contribution in [0, 0.1) is 12.7 Å². The molecule has 1 aromatic heterocycles. The van der Waals surface area contributed by atoms with Crippen molar-refractivity contribution in [1.29, 1.82) is 0 Å². The fourth-order valence-electron chi connectivity index (χ4n) is 2.63. The van der Waals surface area contributed by atoms with E-state index < -0.39 is 0 Å². The molecule has 0 saturated heterocycles. The van der Waals surface area contributed by atoms with Crippen molar-refractivity contribution in [2.75, 3.05) is 7.11 Å². The third-order valence-electron chi connectivity index (χ3n) is 3.73. The first-order chi connectivity index (χ1) is 11.1. The van der Waals surface area contributed by atoms with Gasteiger partial charge in [-0.25, -0.2) is 4.39 Å². The minimum absolute atomic E-state index is 0.230. The molecule has 0 saturated carbocycles. The Hall–Kier alpha value is -2.04. The van der Waals surface area contributed by atoms with E-state index in [1.807, 2.05) is 38.4 Å². The van der Waals surface area contributed by atoms with Crippen LogP contribution in [0.2, 0.25) is 0 Å². The van der Waals surface area contributed by atoms with Gasteiger partial charge in [-0.1, -0.05) is 6.07 Å².